The number of hydrogen-bond acceptors (Lipinski definition) is 6. The lowest BCUT2D eigenvalue weighted by molar-refractivity contribution is 0.0486. The summed E-state index contributed by atoms with van der Waals surface area (Å²) in [5, 5.41) is 10.4. The Balaban J connectivity index is 1.46. The second-order valence-corrected chi connectivity index (χ2v) is 7.46. The fourth-order valence-electron chi connectivity index (χ4n) is 3.37. The Morgan fingerprint density at radius 1 is 1.23 bits per heavy atom. The van der Waals surface area contributed by atoms with Crippen LogP contribution < -0.4 is 9.47 Å². The molecule has 1 N–H and O–H groups in total. The van der Waals surface area contributed by atoms with Crippen molar-refractivity contribution in [3.05, 3.63) is 59.7 Å². The van der Waals surface area contributed by atoms with Crippen molar-refractivity contribution < 1.29 is 32.9 Å². The van der Waals surface area contributed by atoms with Gasteiger partial charge < -0.3 is 19.3 Å². The SMILES string of the molecule is CCCOC(=O)c1ccccc1OCC(O)CN1CCC(Oc2ccc(F)c(F)c2)C1. The smallest absolute Gasteiger partial charge is 0.341 e. The first-order chi connectivity index (χ1) is 15.0. The van der Waals surface area contributed by atoms with Crippen LogP contribution in [0, 0.1) is 11.6 Å². The summed E-state index contributed by atoms with van der Waals surface area (Å²) >= 11 is 0. The lowest BCUT2D eigenvalue weighted by atomic mass is 10.2. The Labute approximate surface area is 180 Å². The molecule has 168 valence electrons. The maximum atomic E-state index is 13.3. The van der Waals surface area contributed by atoms with Crippen molar-refractivity contribution in [1.82, 2.24) is 4.90 Å². The molecule has 6 nitrogen and oxygen atoms in total. The summed E-state index contributed by atoms with van der Waals surface area (Å²) in [6, 6.07) is 10.2. The van der Waals surface area contributed by atoms with Crippen molar-refractivity contribution in [2.75, 3.05) is 32.8 Å². The van der Waals surface area contributed by atoms with Crippen LogP contribution in [0.25, 0.3) is 0 Å². The van der Waals surface area contributed by atoms with Gasteiger partial charge in [-0.05, 0) is 37.1 Å². The molecule has 0 saturated carbocycles. The molecule has 2 aromatic rings. The summed E-state index contributed by atoms with van der Waals surface area (Å²) < 4.78 is 42.9. The van der Waals surface area contributed by atoms with E-state index in [1.54, 1.807) is 24.3 Å². The normalized spacial score (nSPS) is 17.4. The maximum Gasteiger partial charge on any atom is 0.341 e. The van der Waals surface area contributed by atoms with Crippen LogP contribution in [0.2, 0.25) is 0 Å². The summed E-state index contributed by atoms with van der Waals surface area (Å²) in [4.78, 5) is 14.2. The van der Waals surface area contributed by atoms with E-state index in [1.165, 1.54) is 6.07 Å². The molecule has 1 saturated heterocycles. The molecular formula is C23H27F2NO5. The van der Waals surface area contributed by atoms with E-state index in [2.05, 4.69) is 0 Å². The number of halogens is 2. The largest absolute Gasteiger partial charge is 0.490 e. The van der Waals surface area contributed by atoms with Crippen LogP contribution in [0.3, 0.4) is 0 Å². The number of esters is 1. The molecule has 1 fully saturated rings. The van der Waals surface area contributed by atoms with E-state index in [-0.39, 0.29) is 18.5 Å². The summed E-state index contributed by atoms with van der Waals surface area (Å²) in [5.41, 5.74) is 0.323. The van der Waals surface area contributed by atoms with Gasteiger partial charge in [-0.25, -0.2) is 13.6 Å². The zero-order chi connectivity index (χ0) is 22.2. The first kappa shape index (κ1) is 23.0. The van der Waals surface area contributed by atoms with Crippen molar-refractivity contribution >= 4 is 5.97 Å². The number of aliphatic hydroxyl groups excluding tert-OH is 1. The molecular weight excluding hydrogens is 408 g/mol. The highest BCUT2D eigenvalue weighted by Crippen LogP contribution is 2.22. The van der Waals surface area contributed by atoms with Gasteiger partial charge in [-0.3, -0.25) is 4.90 Å². The Hall–Kier alpha value is -2.71. The molecule has 0 spiro atoms. The predicted molar refractivity (Wildman–Crippen MR) is 110 cm³/mol. The van der Waals surface area contributed by atoms with Crippen molar-refractivity contribution in [2.24, 2.45) is 0 Å². The van der Waals surface area contributed by atoms with E-state index >= 15 is 0 Å². The first-order valence-electron chi connectivity index (χ1n) is 10.4. The van der Waals surface area contributed by atoms with Crippen molar-refractivity contribution in [2.45, 2.75) is 32.0 Å². The molecule has 31 heavy (non-hydrogen) atoms. The molecule has 2 aromatic carbocycles. The summed E-state index contributed by atoms with van der Waals surface area (Å²) in [6.07, 6.45) is 0.483. The minimum Gasteiger partial charge on any atom is -0.490 e. The van der Waals surface area contributed by atoms with Crippen LogP contribution in [0.4, 0.5) is 8.78 Å². The molecule has 3 rings (SSSR count). The second kappa shape index (κ2) is 11.1. The van der Waals surface area contributed by atoms with E-state index in [0.29, 0.717) is 44.0 Å². The predicted octanol–water partition coefficient (Wildman–Crippen LogP) is 3.42. The minimum atomic E-state index is -0.946. The fraction of sp³-hybridized carbons (Fsp3) is 0.435. The first-order valence-corrected chi connectivity index (χ1v) is 10.4. The van der Waals surface area contributed by atoms with E-state index in [0.717, 1.165) is 18.6 Å². The van der Waals surface area contributed by atoms with Gasteiger partial charge in [0.1, 0.15) is 35.9 Å². The van der Waals surface area contributed by atoms with Gasteiger partial charge in [-0.2, -0.15) is 0 Å². The summed E-state index contributed by atoms with van der Waals surface area (Å²) in [6.45, 7) is 3.88. The van der Waals surface area contributed by atoms with E-state index < -0.39 is 23.7 Å². The van der Waals surface area contributed by atoms with Crippen LogP contribution in [-0.4, -0.2) is 61.0 Å². The number of rotatable bonds is 10. The van der Waals surface area contributed by atoms with Gasteiger partial charge in [-0.15, -0.1) is 0 Å². The standard InChI is InChI=1S/C23H27F2NO5/c1-2-11-29-23(28)19-5-3-4-6-22(19)30-15-16(27)13-26-10-9-18(14-26)31-17-7-8-20(24)21(25)12-17/h3-8,12,16,18,27H,2,9-11,13-15H2,1H3. The average Bonchev–Trinajstić information content (AvgIpc) is 3.20. The molecule has 1 aliphatic heterocycles. The molecule has 0 aliphatic carbocycles. The molecule has 2 unspecified atom stereocenters. The highest BCUT2D eigenvalue weighted by Gasteiger charge is 2.26. The molecule has 0 radical (unpaired) electrons. The van der Waals surface area contributed by atoms with E-state index in [9.17, 15) is 18.7 Å². The molecule has 1 heterocycles. The Morgan fingerprint density at radius 2 is 2.03 bits per heavy atom. The number of nitrogens with zero attached hydrogens (tertiary/aromatic N) is 1. The van der Waals surface area contributed by atoms with Gasteiger partial charge in [0.15, 0.2) is 11.6 Å². The Bertz CT molecular complexity index is 879. The number of benzene rings is 2. The van der Waals surface area contributed by atoms with Crippen LogP contribution in [-0.2, 0) is 4.74 Å². The highest BCUT2D eigenvalue weighted by atomic mass is 19.2. The molecule has 1 aliphatic rings. The number of carbonyl (C=O) groups excluding carboxylic acids is 1. The number of carbonyl (C=O) groups is 1. The lowest BCUT2D eigenvalue weighted by Gasteiger charge is -2.21. The molecule has 0 aromatic heterocycles. The highest BCUT2D eigenvalue weighted by molar-refractivity contribution is 5.92. The average molecular weight is 435 g/mol. The molecule has 8 heteroatoms. The second-order valence-electron chi connectivity index (χ2n) is 7.46. The fourth-order valence-corrected chi connectivity index (χ4v) is 3.37. The van der Waals surface area contributed by atoms with Crippen LogP contribution in [0.15, 0.2) is 42.5 Å². The van der Waals surface area contributed by atoms with Crippen molar-refractivity contribution in [3.63, 3.8) is 0 Å². The summed E-state index contributed by atoms with van der Waals surface area (Å²) in [5.74, 6) is -1.67. The third-order valence-electron chi connectivity index (χ3n) is 4.87. The van der Waals surface area contributed by atoms with Gasteiger partial charge >= 0.3 is 5.97 Å². The van der Waals surface area contributed by atoms with Gasteiger partial charge in [0.25, 0.3) is 0 Å². The van der Waals surface area contributed by atoms with E-state index in [1.807, 2.05) is 11.8 Å². The van der Waals surface area contributed by atoms with E-state index in [4.69, 9.17) is 14.2 Å². The van der Waals surface area contributed by atoms with Gasteiger partial charge in [0.05, 0.1) is 6.61 Å². The third kappa shape index (κ3) is 6.63. The van der Waals surface area contributed by atoms with Gasteiger partial charge in [-0.1, -0.05) is 19.1 Å². The molecule has 2 atom stereocenters. The van der Waals surface area contributed by atoms with Gasteiger partial charge in [0.2, 0.25) is 0 Å². The third-order valence-corrected chi connectivity index (χ3v) is 4.87. The lowest BCUT2D eigenvalue weighted by Crippen LogP contribution is -2.35. The van der Waals surface area contributed by atoms with Crippen molar-refractivity contribution in [1.29, 1.82) is 0 Å². The van der Waals surface area contributed by atoms with Gasteiger partial charge in [0, 0.05) is 25.7 Å². The Morgan fingerprint density at radius 3 is 2.81 bits per heavy atom. The van der Waals surface area contributed by atoms with Crippen molar-refractivity contribution in [3.8, 4) is 11.5 Å². The number of para-hydroxylation sites is 1. The Kier molecular flexibility index (Phi) is 8.20. The zero-order valence-electron chi connectivity index (χ0n) is 17.4. The van der Waals surface area contributed by atoms with Crippen LogP contribution in [0.5, 0.6) is 11.5 Å². The molecule has 0 bridgehead atoms. The number of likely N-dealkylation sites (tertiary alicyclic amines) is 1. The monoisotopic (exact) mass is 435 g/mol. The molecule has 0 amide bonds. The maximum absolute atomic E-state index is 13.3. The zero-order valence-corrected chi connectivity index (χ0v) is 17.4. The number of β-amino-alcohol motifs (C(OH)–C–C–N with tert-alkyl or cyclic N) is 1. The number of ether oxygens (including phenoxy) is 3. The van der Waals surface area contributed by atoms with Crippen LogP contribution >= 0.6 is 0 Å². The number of aliphatic hydroxyl groups is 1. The van der Waals surface area contributed by atoms with Crippen LogP contribution in [0.1, 0.15) is 30.1 Å². The summed E-state index contributed by atoms with van der Waals surface area (Å²) in [7, 11) is 0. The quantitative estimate of drug-likeness (QED) is 0.577. The minimum absolute atomic E-state index is 0.0171. The topological polar surface area (TPSA) is 68.2 Å². The number of hydrogen-bond donors (Lipinski definition) is 1.